The van der Waals surface area contributed by atoms with Gasteiger partial charge in [0.05, 0.1) is 12.6 Å². The topological polar surface area (TPSA) is 104 Å². The molecule has 108 valence electrons. The predicted octanol–water partition coefficient (Wildman–Crippen LogP) is 0.992. The molecule has 0 aromatic rings. The van der Waals surface area contributed by atoms with Gasteiger partial charge in [0.25, 0.3) is 11.8 Å². The smallest absolute Gasteiger partial charge is 0.303 e. The van der Waals surface area contributed by atoms with Crippen molar-refractivity contribution in [2.45, 2.75) is 26.9 Å². The molecule has 0 fully saturated rings. The van der Waals surface area contributed by atoms with Gasteiger partial charge in [0.2, 0.25) is 0 Å². The molecule has 1 atom stereocenters. The number of hydrogen-bond acceptors (Lipinski definition) is 4. The zero-order valence-corrected chi connectivity index (χ0v) is 12.0. The molecule has 0 bridgehead atoms. The van der Waals surface area contributed by atoms with E-state index in [1.807, 2.05) is 0 Å². The van der Waals surface area contributed by atoms with Crippen LogP contribution in [0.15, 0.2) is 24.3 Å². The first-order valence-electron chi connectivity index (χ1n) is 5.37. The molecule has 19 heavy (non-hydrogen) atoms. The summed E-state index contributed by atoms with van der Waals surface area (Å²) in [6.45, 7) is 10.8. The van der Waals surface area contributed by atoms with Crippen LogP contribution in [0.1, 0.15) is 20.8 Å². The van der Waals surface area contributed by atoms with Gasteiger partial charge in [-0.05, 0) is 20.8 Å². The average molecular weight is 291 g/mol. The highest BCUT2D eigenvalue weighted by Gasteiger charge is 2.27. The Balaban J connectivity index is 5.02. The Labute approximate surface area is 111 Å². The van der Waals surface area contributed by atoms with Crippen LogP contribution in [0, 0.1) is 0 Å². The molecule has 0 aliphatic rings. The van der Waals surface area contributed by atoms with Crippen LogP contribution in [0.5, 0.6) is 0 Å². The molecule has 0 aliphatic carbocycles. The quantitative estimate of drug-likeness (QED) is 0.558. The summed E-state index contributed by atoms with van der Waals surface area (Å²) in [4.78, 5) is 41.7. The summed E-state index contributed by atoms with van der Waals surface area (Å²) >= 11 is 0. The van der Waals surface area contributed by atoms with E-state index >= 15 is 0 Å². The highest BCUT2D eigenvalue weighted by molar-refractivity contribution is 7.46. The first-order chi connectivity index (χ1) is 8.45. The predicted molar refractivity (Wildman–Crippen MR) is 68.9 cm³/mol. The maximum atomic E-state index is 11.8. The summed E-state index contributed by atoms with van der Waals surface area (Å²) in [5, 5.41) is 0. The number of carbonyl (C=O) groups excluding carboxylic acids is 2. The summed E-state index contributed by atoms with van der Waals surface area (Å²) in [5.74, 6) is -1.29. The second-order valence-corrected chi connectivity index (χ2v) is 5.38. The van der Waals surface area contributed by atoms with E-state index in [0.29, 0.717) is 0 Å². The molecule has 8 heteroatoms. The van der Waals surface area contributed by atoms with E-state index < -0.39 is 25.7 Å². The van der Waals surface area contributed by atoms with Crippen LogP contribution < -0.4 is 0 Å². The maximum Gasteiger partial charge on any atom is 0.469 e. The minimum atomic E-state index is -4.68. The van der Waals surface area contributed by atoms with Gasteiger partial charge >= 0.3 is 7.82 Å². The van der Waals surface area contributed by atoms with E-state index in [2.05, 4.69) is 17.7 Å². The van der Waals surface area contributed by atoms with Gasteiger partial charge in [0.1, 0.15) is 0 Å². The molecule has 0 rings (SSSR count). The molecule has 0 saturated heterocycles. The highest BCUT2D eigenvalue weighted by atomic mass is 31.2. The number of phosphoric ester groups is 1. The van der Waals surface area contributed by atoms with E-state index in [4.69, 9.17) is 9.79 Å². The van der Waals surface area contributed by atoms with E-state index in [-0.39, 0.29) is 17.7 Å². The van der Waals surface area contributed by atoms with Gasteiger partial charge in [0, 0.05) is 11.1 Å². The summed E-state index contributed by atoms with van der Waals surface area (Å²) in [6.07, 6.45) is -1.02. The molecule has 7 nitrogen and oxygen atoms in total. The first-order valence-corrected chi connectivity index (χ1v) is 6.90. The number of rotatable bonds is 6. The Bertz CT molecular complexity index is 426. The molecule has 2 amide bonds. The zero-order chi connectivity index (χ0) is 15.4. The van der Waals surface area contributed by atoms with Crippen molar-refractivity contribution in [3.05, 3.63) is 24.3 Å². The van der Waals surface area contributed by atoms with Crippen LogP contribution in [-0.2, 0) is 18.7 Å². The summed E-state index contributed by atoms with van der Waals surface area (Å²) in [5.41, 5.74) is 0.246. The molecule has 1 unspecified atom stereocenters. The Morgan fingerprint density at radius 2 is 1.58 bits per heavy atom. The largest absolute Gasteiger partial charge is 0.469 e. The van der Waals surface area contributed by atoms with Gasteiger partial charge in [-0.2, -0.15) is 0 Å². The van der Waals surface area contributed by atoms with Crippen LogP contribution in [-0.4, -0.2) is 39.1 Å². The lowest BCUT2D eigenvalue weighted by atomic mass is 10.2. The van der Waals surface area contributed by atoms with Gasteiger partial charge in [-0.15, -0.1) is 0 Å². The maximum absolute atomic E-state index is 11.8. The molecule has 0 saturated carbocycles. The molecule has 2 N–H and O–H groups in total. The number of nitrogens with zero attached hydrogens (tertiary/aromatic N) is 1. The van der Waals surface area contributed by atoms with Gasteiger partial charge < -0.3 is 9.79 Å². The van der Waals surface area contributed by atoms with Crippen molar-refractivity contribution in [3.63, 3.8) is 0 Å². The molecule has 0 spiro atoms. The van der Waals surface area contributed by atoms with Crippen molar-refractivity contribution in [3.8, 4) is 0 Å². The van der Waals surface area contributed by atoms with Crippen molar-refractivity contribution >= 4 is 19.6 Å². The summed E-state index contributed by atoms with van der Waals surface area (Å²) < 4.78 is 15.1. The Morgan fingerprint density at radius 1 is 1.21 bits per heavy atom. The number of imide groups is 1. The van der Waals surface area contributed by atoms with Crippen molar-refractivity contribution in [2.24, 2.45) is 0 Å². The van der Waals surface area contributed by atoms with Gasteiger partial charge in [-0.3, -0.25) is 19.0 Å². The molecule has 0 aromatic carbocycles. The minimum Gasteiger partial charge on any atom is -0.303 e. The molecular weight excluding hydrogens is 273 g/mol. The average Bonchev–Trinajstić information content (AvgIpc) is 2.21. The highest BCUT2D eigenvalue weighted by Crippen LogP contribution is 2.37. The number of phosphoric acid groups is 1. The molecule has 0 aromatic heterocycles. The number of hydrogen-bond donors (Lipinski definition) is 2. The van der Waals surface area contributed by atoms with Crippen LogP contribution in [0.4, 0.5) is 0 Å². The first kappa shape index (κ1) is 17.7. The van der Waals surface area contributed by atoms with Crippen LogP contribution in [0.2, 0.25) is 0 Å². The van der Waals surface area contributed by atoms with Crippen molar-refractivity contribution < 1.29 is 28.5 Å². The number of amides is 2. The third kappa shape index (κ3) is 6.45. The lowest BCUT2D eigenvalue weighted by Crippen LogP contribution is -2.42. The Kier molecular flexibility index (Phi) is 6.32. The van der Waals surface area contributed by atoms with E-state index in [0.717, 1.165) is 4.90 Å². The zero-order valence-electron chi connectivity index (χ0n) is 11.1. The van der Waals surface area contributed by atoms with Crippen molar-refractivity contribution in [1.82, 2.24) is 4.90 Å². The lowest BCUT2D eigenvalue weighted by Gasteiger charge is -2.24. The second-order valence-electron chi connectivity index (χ2n) is 4.19. The van der Waals surface area contributed by atoms with Crippen molar-refractivity contribution in [1.29, 1.82) is 0 Å². The van der Waals surface area contributed by atoms with E-state index in [1.165, 1.54) is 20.8 Å². The van der Waals surface area contributed by atoms with Crippen LogP contribution >= 0.6 is 7.82 Å². The molecule has 0 heterocycles. The third-order valence-corrected chi connectivity index (χ3v) is 2.61. The fourth-order valence-corrected chi connectivity index (χ4v) is 1.78. The monoisotopic (exact) mass is 291 g/mol. The second kappa shape index (κ2) is 6.77. The fourth-order valence-electron chi connectivity index (χ4n) is 1.24. The minimum absolute atomic E-state index is 0.123. The third-order valence-electron chi connectivity index (χ3n) is 1.98. The standard InChI is InChI=1S/C11H18NO6P/c1-7(2)10(13)12(11(14)8(3)4)6-9(5)18-19(15,16)17/h9H,1,3,6H2,2,4-5H3,(H2,15,16,17). The summed E-state index contributed by atoms with van der Waals surface area (Å²) in [7, 11) is -4.68. The van der Waals surface area contributed by atoms with E-state index in [1.54, 1.807) is 0 Å². The van der Waals surface area contributed by atoms with E-state index in [9.17, 15) is 14.2 Å². The van der Waals surface area contributed by atoms with Crippen LogP contribution in [0.25, 0.3) is 0 Å². The molecular formula is C11H18NO6P. The fraction of sp³-hybridized carbons (Fsp3) is 0.455. The summed E-state index contributed by atoms with van der Waals surface area (Å²) in [6, 6.07) is 0. The van der Waals surface area contributed by atoms with Crippen molar-refractivity contribution in [2.75, 3.05) is 6.54 Å². The van der Waals surface area contributed by atoms with Gasteiger partial charge in [-0.1, -0.05) is 13.2 Å². The molecule has 0 aliphatic heterocycles. The Morgan fingerprint density at radius 3 is 1.84 bits per heavy atom. The normalized spacial score (nSPS) is 12.7. The van der Waals surface area contributed by atoms with Gasteiger partial charge in [-0.25, -0.2) is 4.57 Å². The molecule has 0 radical (unpaired) electrons. The van der Waals surface area contributed by atoms with Gasteiger partial charge in [0.15, 0.2) is 0 Å². The lowest BCUT2D eigenvalue weighted by molar-refractivity contribution is -0.141. The number of carbonyl (C=O) groups is 2. The Hall–Kier alpha value is -1.27. The SMILES string of the molecule is C=C(C)C(=O)N(CC(C)OP(=O)(O)O)C(=O)C(=C)C. The van der Waals surface area contributed by atoms with Crippen LogP contribution in [0.3, 0.4) is 0 Å².